The van der Waals surface area contributed by atoms with E-state index < -0.39 is 0 Å². The van der Waals surface area contributed by atoms with Crippen LogP contribution >= 0.6 is 0 Å². The Bertz CT molecular complexity index is 449. The summed E-state index contributed by atoms with van der Waals surface area (Å²) in [6.07, 6.45) is 6.14. The van der Waals surface area contributed by atoms with E-state index in [-0.39, 0.29) is 24.1 Å². The van der Waals surface area contributed by atoms with E-state index in [4.69, 9.17) is 14.2 Å². The zero-order valence-electron chi connectivity index (χ0n) is 20.4. The quantitative estimate of drug-likeness (QED) is 0.212. The van der Waals surface area contributed by atoms with Crippen molar-refractivity contribution in [3.63, 3.8) is 0 Å². The second kappa shape index (κ2) is 23.2. The fraction of sp³-hybridized carbons (Fsp3) is 0.870. The molecule has 0 amide bonds. The van der Waals surface area contributed by atoms with Gasteiger partial charge in [-0.2, -0.15) is 0 Å². The Kier molecular flexibility index (Phi) is 23.7. The predicted molar refractivity (Wildman–Crippen MR) is 119 cm³/mol. The molecule has 1 aliphatic heterocycles. The van der Waals surface area contributed by atoms with Gasteiger partial charge in [0, 0.05) is 32.3 Å². The highest BCUT2D eigenvalue weighted by molar-refractivity contribution is 5.82. The van der Waals surface area contributed by atoms with Crippen molar-refractivity contribution in [3.05, 3.63) is 0 Å². The molecule has 184 valence electrons. The molecule has 8 nitrogen and oxygen atoms in total. The van der Waals surface area contributed by atoms with Crippen molar-refractivity contribution in [2.24, 2.45) is 5.92 Å². The highest BCUT2D eigenvalue weighted by Crippen LogP contribution is 2.09. The van der Waals surface area contributed by atoms with E-state index in [1.807, 2.05) is 6.92 Å². The molecule has 0 N–H and O–H groups in total. The average molecular weight is 449 g/mol. The number of hydrogen-bond acceptors (Lipinski definition) is 8. The van der Waals surface area contributed by atoms with Crippen LogP contribution in [0.15, 0.2) is 0 Å². The normalized spacial score (nSPS) is 14.8. The minimum atomic E-state index is -0.311. The molecule has 1 fully saturated rings. The molecular formula is C23H44O8. The minimum Gasteiger partial charge on any atom is -0.469 e. The highest BCUT2D eigenvalue weighted by Gasteiger charge is 2.22. The zero-order valence-corrected chi connectivity index (χ0v) is 20.4. The van der Waals surface area contributed by atoms with Crippen LogP contribution in [0.5, 0.6) is 0 Å². The molecular weight excluding hydrogens is 404 g/mol. The van der Waals surface area contributed by atoms with Gasteiger partial charge in [-0.3, -0.25) is 14.4 Å². The summed E-state index contributed by atoms with van der Waals surface area (Å²) in [5.41, 5.74) is 0. The Labute approximate surface area is 188 Å². The summed E-state index contributed by atoms with van der Waals surface area (Å²) >= 11 is 0. The molecule has 2 atom stereocenters. The van der Waals surface area contributed by atoms with Crippen LogP contribution in [0.4, 0.5) is 0 Å². The third-order valence-electron chi connectivity index (χ3n) is 4.14. The van der Waals surface area contributed by atoms with Crippen molar-refractivity contribution in [3.8, 4) is 0 Å². The highest BCUT2D eigenvalue weighted by atomic mass is 16.6. The molecule has 1 aliphatic rings. The number of esters is 2. The predicted octanol–water partition coefficient (Wildman–Crippen LogP) is 3.73. The fourth-order valence-electron chi connectivity index (χ4n) is 2.27. The zero-order chi connectivity index (χ0) is 23.9. The number of ether oxygens (including phenoxy) is 5. The number of Topliss-reactive ketones (excluding diaryl/α,β-unsaturated/α-hetero) is 1. The number of unbranched alkanes of at least 4 members (excludes halogenated alkanes) is 2. The van der Waals surface area contributed by atoms with Crippen LogP contribution in [0.2, 0.25) is 0 Å². The number of epoxide rings is 1. The van der Waals surface area contributed by atoms with Gasteiger partial charge in [0.1, 0.15) is 11.9 Å². The topological polar surface area (TPSA) is 101 Å². The summed E-state index contributed by atoms with van der Waals surface area (Å²) in [5, 5.41) is 0. The monoisotopic (exact) mass is 448 g/mol. The second-order valence-corrected chi connectivity index (χ2v) is 7.45. The van der Waals surface area contributed by atoms with Crippen molar-refractivity contribution in [2.75, 3.05) is 47.8 Å². The lowest BCUT2D eigenvalue weighted by molar-refractivity contribution is -0.142. The van der Waals surface area contributed by atoms with E-state index in [1.165, 1.54) is 14.2 Å². The summed E-state index contributed by atoms with van der Waals surface area (Å²) in [4.78, 5) is 31.9. The van der Waals surface area contributed by atoms with Crippen LogP contribution in [0.3, 0.4) is 0 Å². The number of hydrogen-bond donors (Lipinski definition) is 0. The summed E-state index contributed by atoms with van der Waals surface area (Å²) in [5.74, 6) is 0.217. The first-order chi connectivity index (χ1) is 14.8. The summed E-state index contributed by atoms with van der Waals surface area (Å²) < 4.78 is 24.2. The molecule has 0 bridgehead atoms. The molecule has 0 saturated carbocycles. The number of ketones is 1. The Morgan fingerprint density at radius 1 is 0.871 bits per heavy atom. The van der Waals surface area contributed by atoms with Crippen LogP contribution in [-0.2, 0) is 38.1 Å². The third-order valence-corrected chi connectivity index (χ3v) is 4.14. The van der Waals surface area contributed by atoms with E-state index in [9.17, 15) is 14.4 Å². The average Bonchev–Trinajstić information content (AvgIpc) is 3.58. The van der Waals surface area contributed by atoms with Crippen LogP contribution in [0, 0.1) is 5.92 Å². The maximum absolute atomic E-state index is 10.9. The van der Waals surface area contributed by atoms with E-state index in [2.05, 4.69) is 23.3 Å². The van der Waals surface area contributed by atoms with Gasteiger partial charge in [0.05, 0.1) is 47.1 Å². The van der Waals surface area contributed by atoms with Gasteiger partial charge in [-0.15, -0.1) is 0 Å². The molecule has 0 spiro atoms. The number of carbonyl (C=O) groups is 3. The first-order valence-corrected chi connectivity index (χ1v) is 11.2. The van der Waals surface area contributed by atoms with Crippen LogP contribution in [-0.4, -0.2) is 71.6 Å². The van der Waals surface area contributed by atoms with Gasteiger partial charge in [0.2, 0.25) is 0 Å². The third kappa shape index (κ3) is 26.5. The van der Waals surface area contributed by atoms with Gasteiger partial charge in [-0.1, -0.05) is 33.6 Å². The number of methoxy groups -OCH3 is 3. The van der Waals surface area contributed by atoms with E-state index in [1.54, 1.807) is 7.11 Å². The molecule has 8 heteroatoms. The van der Waals surface area contributed by atoms with Crippen molar-refractivity contribution < 1.29 is 38.1 Å². The van der Waals surface area contributed by atoms with Gasteiger partial charge in [-0.05, 0) is 12.8 Å². The molecule has 0 aromatic heterocycles. The standard InChI is InChI=1S/C8H16O3.C8H14O3.C7H14O2/c1-7(3-9-2)4-10-5-8-6-11-8;1-3-4-7(9)5-6-8(10)11-2;1-3-4-5-6-7(8)9-2/h7-8H,3-6H2,1-2H3;3-6H2,1-2H3;3-6H2,1-2H3. The number of rotatable bonds is 15. The lowest BCUT2D eigenvalue weighted by Gasteiger charge is -2.09. The van der Waals surface area contributed by atoms with E-state index in [0.717, 1.165) is 52.1 Å². The lowest BCUT2D eigenvalue weighted by atomic mass is 10.1. The number of carbonyl (C=O) groups excluding carboxylic acids is 3. The summed E-state index contributed by atoms with van der Waals surface area (Å²) in [6.45, 7) is 9.32. The molecule has 1 heterocycles. The minimum absolute atomic E-state index is 0.0940. The first-order valence-electron chi connectivity index (χ1n) is 11.2. The molecule has 1 rings (SSSR count). The summed E-state index contributed by atoms with van der Waals surface area (Å²) in [7, 11) is 4.46. The van der Waals surface area contributed by atoms with Crippen LogP contribution in [0.25, 0.3) is 0 Å². The maximum atomic E-state index is 10.9. The molecule has 2 unspecified atom stereocenters. The molecule has 0 aromatic rings. The molecule has 0 radical (unpaired) electrons. The second-order valence-electron chi connectivity index (χ2n) is 7.45. The van der Waals surface area contributed by atoms with Gasteiger partial charge >= 0.3 is 11.9 Å². The summed E-state index contributed by atoms with van der Waals surface area (Å²) in [6, 6.07) is 0. The smallest absolute Gasteiger partial charge is 0.305 e. The SMILES string of the molecule is CCCC(=O)CCC(=O)OC.CCCCCC(=O)OC.COCC(C)COCC1CO1. The van der Waals surface area contributed by atoms with Crippen molar-refractivity contribution >= 4 is 17.7 Å². The van der Waals surface area contributed by atoms with Crippen LogP contribution in [0.1, 0.15) is 72.1 Å². The first kappa shape index (κ1) is 31.7. The molecule has 0 aliphatic carbocycles. The van der Waals surface area contributed by atoms with Gasteiger partial charge in [-0.25, -0.2) is 0 Å². The molecule has 0 aromatic carbocycles. The van der Waals surface area contributed by atoms with E-state index >= 15 is 0 Å². The Hall–Kier alpha value is -1.51. The van der Waals surface area contributed by atoms with Crippen molar-refractivity contribution in [1.29, 1.82) is 0 Å². The van der Waals surface area contributed by atoms with Gasteiger partial charge < -0.3 is 23.7 Å². The molecule has 1 saturated heterocycles. The van der Waals surface area contributed by atoms with Crippen molar-refractivity contribution in [2.45, 2.75) is 78.2 Å². The lowest BCUT2D eigenvalue weighted by Crippen LogP contribution is -2.13. The van der Waals surface area contributed by atoms with E-state index in [0.29, 0.717) is 31.3 Å². The molecule has 31 heavy (non-hydrogen) atoms. The fourth-order valence-corrected chi connectivity index (χ4v) is 2.27. The maximum Gasteiger partial charge on any atom is 0.305 e. The van der Waals surface area contributed by atoms with Gasteiger partial charge in [0.15, 0.2) is 0 Å². The van der Waals surface area contributed by atoms with Crippen LogP contribution < -0.4 is 0 Å². The Morgan fingerprint density at radius 3 is 1.97 bits per heavy atom. The Morgan fingerprint density at radius 2 is 1.48 bits per heavy atom. The van der Waals surface area contributed by atoms with Crippen molar-refractivity contribution in [1.82, 2.24) is 0 Å². The largest absolute Gasteiger partial charge is 0.469 e. The van der Waals surface area contributed by atoms with Gasteiger partial charge in [0.25, 0.3) is 0 Å². The Balaban J connectivity index is 0.